The molecule has 0 aliphatic heterocycles. The predicted molar refractivity (Wildman–Crippen MR) is 363 cm³/mol. The summed E-state index contributed by atoms with van der Waals surface area (Å²) in [5, 5.41) is 10.6. The number of hydrogen-bond acceptors (Lipinski definition) is 15. The Morgan fingerprint density at radius 2 is 0.511 bits per heavy atom. The minimum Gasteiger partial charge on any atom is -0.462 e. The Morgan fingerprint density at radius 1 is 0.300 bits per heavy atom. The van der Waals surface area contributed by atoms with Gasteiger partial charge in [-0.05, 0) is 31.6 Å². The van der Waals surface area contributed by atoms with Crippen molar-refractivity contribution in [3.63, 3.8) is 0 Å². The maximum atomic E-state index is 13.0. The van der Waals surface area contributed by atoms with Crippen LogP contribution in [0.1, 0.15) is 369 Å². The molecule has 5 atom stereocenters. The van der Waals surface area contributed by atoms with Crippen LogP contribution in [0.5, 0.6) is 0 Å². The number of carbonyl (C=O) groups excluding carboxylic acids is 4. The number of carbonyl (C=O) groups is 4. The fraction of sp³-hybridized carbons (Fsp3) is 0.944. The Balaban J connectivity index is 5.18. The topological polar surface area (TPSA) is 237 Å². The molecular weight excluding hydrogens is 1190 g/mol. The smallest absolute Gasteiger partial charge is 0.462 e. The minimum atomic E-state index is -4.95. The zero-order chi connectivity index (χ0) is 66.3. The van der Waals surface area contributed by atoms with E-state index in [1.807, 2.05) is 0 Å². The fourth-order valence-corrected chi connectivity index (χ4v) is 12.4. The van der Waals surface area contributed by atoms with Gasteiger partial charge in [0, 0.05) is 25.7 Å². The molecule has 3 N–H and O–H groups in total. The van der Waals surface area contributed by atoms with Gasteiger partial charge >= 0.3 is 39.5 Å². The van der Waals surface area contributed by atoms with Crippen molar-refractivity contribution in [2.24, 2.45) is 5.92 Å². The molecule has 0 amide bonds. The summed E-state index contributed by atoms with van der Waals surface area (Å²) in [5.41, 5.74) is 0. The first-order valence-corrected chi connectivity index (χ1v) is 40.1. The van der Waals surface area contributed by atoms with Crippen LogP contribution in [0.25, 0.3) is 0 Å². The first-order valence-electron chi connectivity index (χ1n) is 37.1. The van der Waals surface area contributed by atoms with Crippen LogP contribution in [0.15, 0.2) is 0 Å². The molecule has 0 saturated heterocycles. The second-order valence-electron chi connectivity index (χ2n) is 26.1. The highest BCUT2D eigenvalue weighted by atomic mass is 31.2. The van der Waals surface area contributed by atoms with Crippen molar-refractivity contribution in [1.29, 1.82) is 0 Å². The molecule has 0 aromatic carbocycles. The molecule has 0 bridgehead atoms. The number of phosphoric ester groups is 2. The lowest BCUT2D eigenvalue weighted by Gasteiger charge is -2.21. The van der Waals surface area contributed by atoms with Crippen molar-refractivity contribution in [2.45, 2.75) is 387 Å². The third-order valence-electron chi connectivity index (χ3n) is 16.5. The van der Waals surface area contributed by atoms with E-state index in [9.17, 15) is 43.2 Å². The molecule has 534 valence electrons. The molecule has 0 saturated carbocycles. The number of hydrogen-bond donors (Lipinski definition) is 3. The lowest BCUT2D eigenvalue weighted by molar-refractivity contribution is -0.161. The van der Waals surface area contributed by atoms with E-state index in [2.05, 4.69) is 34.6 Å². The van der Waals surface area contributed by atoms with Crippen molar-refractivity contribution >= 4 is 39.5 Å². The molecule has 90 heavy (non-hydrogen) atoms. The summed E-state index contributed by atoms with van der Waals surface area (Å²) in [7, 11) is -9.89. The van der Waals surface area contributed by atoms with E-state index in [0.717, 1.165) is 95.8 Å². The lowest BCUT2D eigenvalue weighted by atomic mass is 10.0. The van der Waals surface area contributed by atoms with Crippen molar-refractivity contribution in [1.82, 2.24) is 0 Å². The molecule has 0 aromatic rings. The summed E-state index contributed by atoms with van der Waals surface area (Å²) in [5.74, 6) is -1.31. The Labute approximate surface area is 549 Å². The van der Waals surface area contributed by atoms with E-state index in [1.54, 1.807) is 0 Å². The van der Waals surface area contributed by atoms with Crippen LogP contribution in [0.4, 0.5) is 0 Å². The quantitative estimate of drug-likeness (QED) is 0.0222. The van der Waals surface area contributed by atoms with Crippen molar-refractivity contribution in [2.75, 3.05) is 39.6 Å². The summed E-state index contributed by atoms with van der Waals surface area (Å²) < 4.78 is 68.2. The van der Waals surface area contributed by atoms with E-state index >= 15 is 0 Å². The lowest BCUT2D eigenvalue weighted by Crippen LogP contribution is -2.30. The molecule has 0 rings (SSSR count). The molecule has 19 heteroatoms. The Hall–Kier alpha value is -1.94. The van der Waals surface area contributed by atoms with Gasteiger partial charge in [-0.25, -0.2) is 9.13 Å². The molecule has 0 radical (unpaired) electrons. The number of rotatable bonds is 71. The average molecular weight is 1330 g/mol. The molecule has 0 aliphatic carbocycles. The zero-order valence-corrected chi connectivity index (χ0v) is 60.1. The van der Waals surface area contributed by atoms with Crippen LogP contribution < -0.4 is 0 Å². The van der Waals surface area contributed by atoms with Crippen LogP contribution in [0.2, 0.25) is 0 Å². The standard InChI is InChI=1S/C71H138O17P2/c1-6-9-12-15-18-21-22-27-31-36-40-45-50-55-69(74)82-61-67(88-71(76)57-52-47-42-37-32-29-26-24-23-25-28-30-35-38-43-48-53-64(4)5)63-86-90(79,80)84-59-65(72)58-83-89(77,78)85-62-66(87-70(75)56-51-46-41-34-20-17-14-11-8-3)60-81-68(73)54-49-44-39-33-19-16-13-10-7-2/h64-67,72H,6-63H2,1-5H3,(H,77,78)(H,79,80)/t65-,66+,67+/m0/s1. The third kappa shape index (κ3) is 64.8. The van der Waals surface area contributed by atoms with Gasteiger partial charge in [-0.3, -0.25) is 37.3 Å². The molecule has 0 aromatic heterocycles. The summed E-state index contributed by atoms with van der Waals surface area (Å²) in [4.78, 5) is 72.4. The number of unbranched alkanes of at least 4 members (excludes halogenated alkanes) is 43. The van der Waals surface area contributed by atoms with Crippen LogP contribution >= 0.6 is 15.6 Å². The molecule has 2 unspecified atom stereocenters. The van der Waals surface area contributed by atoms with E-state index in [-0.39, 0.29) is 25.7 Å². The van der Waals surface area contributed by atoms with Crippen LogP contribution in [-0.4, -0.2) is 96.7 Å². The summed E-state index contributed by atoms with van der Waals surface area (Å²) >= 11 is 0. The van der Waals surface area contributed by atoms with Gasteiger partial charge in [0.05, 0.1) is 26.4 Å². The Morgan fingerprint density at radius 3 is 0.756 bits per heavy atom. The Kier molecular flexibility index (Phi) is 63.0. The summed E-state index contributed by atoms with van der Waals surface area (Å²) in [6.07, 6.45) is 51.3. The number of aliphatic hydroxyl groups is 1. The Bertz CT molecular complexity index is 1740. The van der Waals surface area contributed by atoms with Gasteiger partial charge in [-0.1, -0.05) is 317 Å². The minimum absolute atomic E-state index is 0.106. The van der Waals surface area contributed by atoms with Crippen molar-refractivity contribution in [3.8, 4) is 0 Å². The van der Waals surface area contributed by atoms with Crippen molar-refractivity contribution in [3.05, 3.63) is 0 Å². The monoisotopic (exact) mass is 1320 g/mol. The molecule has 0 spiro atoms. The van der Waals surface area contributed by atoms with Gasteiger partial charge in [-0.15, -0.1) is 0 Å². The van der Waals surface area contributed by atoms with E-state index in [4.69, 9.17) is 37.0 Å². The van der Waals surface area contributed by atoms with Crippen LogP contribution in [0, 0.1) is 5.92 Å². The van der Waals surface area contributed by atoms with E-state index < -0.39 is 97.5 Å². The first kappa shape index (κ1) is 88.1. The van der Waals surface area contributed by atoms with Gasteiger partial charge < -0.3 is 33.8 Å². The predicted octanol–water partition coefficient (Wildman–Crippen LogP) is 20.5. The maximum Gasteiger partial charge on any atom is 0.472 e. The number of esters is 4. The second-order valence-corrected chi connectivity index (χ2v) is 29.0. The molecule has 0 heterocycles. The van der Waals surface area contributed by atoms with E-state index in [1.165, 1.54) is 193 Å². The molecular formula is C71H138O17P2. The molecule has 17 nitrogen and oxygen atoms in total. The first-order chi connectivity index (χ1) is 43.5. The summed E-state index contributed by atoms with van der Waals surface area (Å²) in [6.45, 7) is 7.25. The van der Waals surface area contributed by atoms with Gasteiger partial charge in [0.1, 0.15) is 19.3 Å². The largest absolute Gasteiger partial charge is 0.472 e. The zero-order valence-electron chi connectivity index (χ0n) is 58.3. The molecule has 0 aliphatic rings. The van der Waals surface area contributed by atoms with Crippen LogP contribution in [-0.2, 0) is 65.4 Å². The van der Waals surface area contributed by atoms with E-state index in [0.29, 0.717) is 25.7 Å². The fourth-order valence-electron chi connectivity index (χ4n) is 10.8. The highest BCUT2D eigenvalue weighted by molar-refractivity contribution is 7.47. The third-order valence-corrected chi connectivity index (χ3v) is 18.4. The van der Waals surface area contributed by atoms with Gasteiger partial charge in [0.25, 0.3) is 0 Å². The number of phosphoric acid groups is 2. The highest BCUT2D eigenvalue weighted by Gasteiger charge is 2.30. The SMILES string of the molecule is CCCCCCCCCCCCCCCC(=O)OC[C@H](COP(=O)(O)OC[C@@H](O)COP(=O)(O)OC[C@@H](COC(=O)CCCCCCCCCCC)OC(=O)CCCCCCCCCCC)OC(=O)CCCCCCCCCCCCCCCCCCC(C)C. The number of ether oxygens (including phenoxy) is 4. The van der Waals surface area contributed by atoms with Crippen molar-refractivity contribution < 1.29 is 80.2 Å². The van der Waals surface area contributed by atoms with Gasteiger partial charge in [0.2, 0.25) is 0 Å². The van der Waals surface area contributed by atoms with Gasteiger partial charge in [0.15, 0.2) is 12.2 Å². The van der Waals surface area contributed by atoms with Gasteiger partial charge in [-0.2, -0.15) is 0 Å². The normalized spacial score (nSPS) is 14.1. The highest BCUT2D eigenvalue weighted by Crippen LogP contribution is 2.45. The average Bonchev–Trinajstić information content (AvgIpc) is 3.39. The maximum absolute atomic E-state index is 13.0. The van der Waals surface area contributed by atoms with Crippen LogP contribution in [0.3, 0.4) is 0 Å². The molecule has 0 fully saturated rings. The second kappa shape index (κ2) is 64.4. The number of aliphatic hydroxyl groups excluding tert-OH is 1. The summed E-state index contributed by atoms with van der Waals surface area (Å²) in [6, 6.07) is 0.